The van der Waals surface area contributed by atoms with Gasteiger partial charge in [-0.05, 0) is 38.1 Å². The summed E-state index contributed by atoms with van der Waals surface area (Å²) in [6.45, 7) is 4.63. The van der Waals surface area contributed by atoms with E-state index in [1.807, 2.05) is 50.1 Å². The van der Waals surface area contributed by atoms with Gasteiger partial charge >= 0.3 is 5.97 Å². The monoisotopic (exact) mass is 263 g/mol. The Balaban J connectivity index is 2.92. The van der Waals surface area contributed by atoms with Crippen molar-refractivity contribution >= 4 is 12.0 Å². The molecule has 1 rings (SSSR count). The predicted molar refractivity (Wildman–Crippen MR) is 75.7 cm³/mol. The molecule has 0 aliphatic heterocycles. The molecule has 0 atom stereocenters. The van der Waals surface area contributed by atoms with Crippen LogP contribution in [0.4, 0.5) is 0 Å². The number of aliphatic hydroxyl groups is 1. The van der Waals surface area contributed by atoms with Gasteiger partial charge in [0, 0.05) is 18.2 Å². The highest BCUT2D eigenvalue weighted by atomic mass is 16.4. The number of aliphatic carboxylic acids is 1. The van der Waals surface area contributed by atoms with E-state index in [1.54, 1.807) is 6.08 Å². The molecular weight excluding hydrogens is 242 g/mol. The van der Waals surface area contributed by atoms with Crippen LogP contribution >= 0.6 is 0 Å². The first-order chi connectivity index (χ1) is 8.86. The summed E-state index contributed by atoms with van der Waals surface area (Å²) in [7, 11) is 1.94. The first-order valence-electron chi connectivity index (χ1n) is 6.18. The first-order valence-corrected chi connectivity index (χ1v) is 6.18. The van der Waals surface area contributed by atoms with Crippen molar-refractivity contribution in [2.75, 3.05) is 13.7 Å². The average molecular weight is 263 g/mol. The molecule has 104 valence electrons. The van der Waals surface area contributed by atoms with Gasteiger partial charge in [-0.15, -0.1) is 0 Å². The van der Waals surface area contributed by atoms with Crippen molar-refractivity contribution in [3.05, 3.63) is 41.5 Å². The van der Waals surface area contributed by atoms with Gasteiger partial charge in [-0.1, -0.05) is 24.3 Å². The smallest absolute Gasteiger partial charge is 0.328 e. The van der Waals surface area contributed by atoms with Crippen LogP contribution in [-0.2, 0) is 11.3 Å². The van der Waals surface area contributed by atoms with E-state index >= 15 is 0 Å². The molecule has 0 unspecified atom stereocenters. The van der Waals surface area contributed by atoms with Gasteiger partial charge in [0.15, 0.2) is 0 Å². The lowest BCUT2D eigenvalue weighted by atomic mass is 10.0. The van der Waals surface area contributed by atoms with Crippen LogP contribution in [0.15, 0.2) is 30.3 Å². The highest BCUT2D eigenvalue weighted by molar-refractivity contribution is 5.85. The zero-order chi connectivity index (χ0) is 14.5. The molecule has 0 radical (unpaired) electrons. The zero-order valence-electron chi connectivity index (χ0n) is 11.6. The van der Waals surface area contributed by atoms with Crippen LogP contribution in [0, 0.1) is 0 Å². The summed E-state index contributed by atoms with van der Waals surface area (Å²) in [5, 5.41) is 18.0. The highest BCUT2D eigenvalue weighted by Crippen LogP contribution is 2.18. The Kier molecular flexibility index (Phi) is 5.27. The van der Waals surface area contributed by atoms with Crippen LogP contribution in [-0.4, -0.2) is 40.3 Å². The summed E-state index contributed by atoms with van der Waals surface area (Å²) >= 11 is 0. The number of hydrogen-bond acceptors (Lipinski definition) is 3. The highest BCUT2D eigenvalue weighted by Gasteiger charge is 2.22. The Morgan fingerprint density at radius 1 is 1.37 bits per heavy atom. The number of benzene rings is 1. The van der Waals surface area contributed by atoms with E-state index in [-0.39, 0.29) is 12.1 Å². The lowest BCUT2D eigenvalue weighted by Crippen LogP contribution is -2.43. The number of rotatable bonds is 6. The molecule has 0 aliphatic rings. The molecule has 2 N–H and O–H groups in total. The van der Waals surface area contributed by atoms with Crippen LogP contribution in [0.25, 0.3) is 6.08 Å². The molecule has 0 aliphatic carbocycles. The number of aliphatic hydroxyl groups excluding tert-OH is 1. The molecule has 19 heavy (non-hydrogen) atoms. The van der Waals surface area contributed by atoms with Crippen LogP contribution in [0.2, 0.25) is 0 Å². The number of hydrogen-bond donors (Lipinski definition) is 2. The number of carbonyl (C=O) groups is 1. The van der Waals surface area contributed by atoms with E-state index in [4.69, 9.17) is 5.11 Å². The van der Waals surface area contributed by atoms with Crippen molar-refractivity contribution in [2.24, 2.45) is 0 Å². The summed E-state index contributed by atoms with van der Waals surface area (Å²) in [5.74, 6) is -0.959. The quantitative estimate of drug-likeness (QED) is 0.771. The van der Waals surface area contributed by atoms with E-state index in [0.717, 1.165) is 17.2 Å². The van der Waals surface area contributed by atoms with Gasteiger partial charge in [-0.2, -0.15) is 0 Å². The summed E-state index contributed by atoms with van der Waals surface area (Å²) in [6, 6.07) is 7.65. The molecule has 0 saturated carbocycles. The van der Waals surface area contributed by atoms with E-state index < -0.39 is 5.97 Å². The summed E-state index contributed by atoms with van der Waals surface area (Å²) < 4.78 is 0. The Bertz CT molecular complexity index is 466. The molecule has 0 fully saturated rings. The van der Waals surface area contributed by atoms with Gasteiger partial charge in [0.1, 0.15) is 0 Å². The molecule has 4 heteroatoms. The maximum Gasteiger partial charge on any atom is 0.328 e. The van der Waals surface area contributed by atoms with E-state index in [0.29, 0.717) is 6.54 Å². The zero-order valence-corrected chi connectivity index (χ0v) is 11.6. The molecule has 0 spiro atoms. The third-order valence-electron chi connectivity index (χ3n) is 3.29. The van der Waals surface area contributed by atoms with Gasteiger partial charge in [0.05, 0.1) is 6.61 Å². The first kappa shape index (κ1) is 15.4. The summed E-state index contributed by atoms with van der Waals surface area (Å²) in [5.41, 5.74) is 1.60. The van der Waals surface area contributed by atoms with Crippen molar-refractivity contribution in [3.63, 3.8) is 0 Å². The van der Waals surface area contributed by atoms with Crippen molar-refractivity contribution in [2.45, 2.75) is 25.9 Å². The fourth-order valence-electron chi connectivity index (χ4n) is 1.59. The number of carboxylic acids is 1. The minimum atomic E-state index is -0.959. The predicted octanol–water partition coefficient (Wildman–Crippen LogP) is 1.99. The molecule has 1 aromatic rings. The van der Waals surface area contributed by atoms with E-state index in [9.17, 15) is 9.90 Å². The lowest BCUT2D eigenvalue weighted by Gasteiger charge is -2.34. The summed E-state index contributed by atoms with van der Waals surface area (Å²) in [4.78, 5) is 12.6. The summed E-state index contributed by atoms with van der Waals surface area (Å²) in [6.07, 6.45) is 2.73. The van der Waals surface area contributed by atoms with Crippen molar-refractivity contribution in [3.8, 4) is 0 Å². The molecule has 0 aromatic heterocycles. The largest absolute Gasteiger partial charge is 0.478 e. The number of carboxylic acid groups (broad SMARTS) is 1. The van der Waals surface area contributed by atoms with Crippen LogP contribution < -0.4 is 0 Å². The average Bonchev–Trinajstić information content (AvgIpc) is 2.37. The minimum Gasteiger partial charge on any atom is -0.478 e. The van der Waals surface area contributed by atoms with Gasteiger partial charge in [-0.25, -0.2) is 4.79 Å². The standard InChI is InChI=1S/C15H21NO3/c1-15(2,11-17)16(3)10-13-7-5-4-6-12(13)8-9-14(18)19/h4-9,17H,10-11H2,1-3H3,(H,18,19)/b9-8+. The van der Waals surface area contributed by atoms with Crippen molar-refractivity contribution in [1.82, 2.24) is 4.90 Å². The molecule has 0 amide bonds. The Morgan fingerprint density at radius 2 is 2.00 bits per heavy atom. The van der Waals surface area contributed by atoms with E-state index in [2.05, 4.69) is 0 Å². The van der Waals surface area contributed by atoms with Crippen molar-refractivity contribution < 1.29 is 15.0 Å². The Morgan fingerprint density at radius 3 is 2.58 bits per heavy atom. The van der Waals surface area contributed by atoms with Crippen molar-refractivity contribution in [1.29, 1.82) is 0 Å². The normalized spacial score (nSPS) is 12.3. The van der Waals surface area contributed by atoms with Crippen LogP contribution in [0.3, 0.4) is 0 Å². The van der Waals surface area contributed by atoms with Crippen LogP contribution in [0.1, 0.15) is 25.0 Å². The molecule has 0 bridgehead atoms. The minimum absolute atomic E-state index is 0.0661. The molecular formula is C15H21NO3. The van der Waals surface area contributed by atoms with Gasteiger partial charge in [-0.3, -0.25) is 4.90 Å². The number of nitrogens with zero attached hydrogens (tertiary/aromatic N) is 1. The third-order valence-corrected chi connectivity index (χ3v) is 3.29. The molecule has 1 aromatic carbocycles. The second-order valence-electron chi connectivity index (χ2n) is 5.20. The Labute approximate surface area is 114 Å². The maximum atomic E-state index is 10.6. The van der Waals surface area contributed by atoms with E-state index in [1.165, 1.54) is 0 Å². The Hall–Kier alpha value is -1.65. The second-order valence-corrected chi connectivity index (χ2v) is 5.20. The van der Waals surface area contributed by atoms with Gasteiger partial charge in [0.2, 0.25) is 0 Å². The molecule has 4 nitrogen and oxygen atoms in total. The topological polar surface area (TPSA) is 60.8 Å². The second kappa shape index (κ2) is 6.50. The fraction of sp³-hybridized carbons (Fsp3) is 0.400. The maximum absolute atomic E-state index is 10.6. The third kappa shape index (κ3) is 4.50. The van der Waals surface area contributed by atoms with Gasteiger partial charge in [0.25, 0.3) is 0 Å². The SMILES string of the molecule is CN(Cc1ccccc1/C=C/C(=O)O)C(C)(C)CO. The fourth-order valence-corrected chi connectivity index (χ4v) is 1.59. The number of likely N-dealkylation sites (N-methyl/N-ethyl adjacent to an activating group) is 1. The van der Waals surface area contributed by atoms with Crippen LogP contribution in [0.5, 0.6) is 0 Å². The lowest BCUT2D eigenvalue weighted by molar-refractivity contribution is -0.131. The van der Waals surface area contributed by atoms with Gasteiger partial charge < -0.3 is 10.2 Å². The molecule has 0 heterocycles. The molecule has 0 saturated heterocycles.